The van der Waals surface area contributed by atoms with E-state index in [1.54, 1.807) is 11.3 Å². The predicted molar refractivity (Wildman–Crippen MR) is 64.8 cm³/mol. The number of hydrogen-bond donors (Lipinski definition) is 0. The van der Waals surface area contributed by atoms with Crippen LogP contribution in [0.15, 0.2) is 34.9 Å². The number of benzene rings is 1. The summed E-state index contributed by atoms with van der Waals surface area (Å²) >= 11 is 10.7. The molecule has 2 aromatic rings. The van der Waals surface area contributed by atoms with E-state index in [1.165, 1.54) is 0 Å². The molecule has 0 unspecified atom stereocenters. The minimum atomic E-state index is 0.536. The summed E-state index contributed by atoms with van der Waals surface area (Å²) in [5, 5.41) is 1.02. The summed E-state index contributed by atoms with van der Waals surface area (Å²) in [4.78, 5) is 5.41. The number of thiazole rings is 1. The van der Waals surface area contributed by atoms with Crippen molar-refractivity contribution in [2.24, 2.45) is 0 Å². The Kier molecular flexibility index (Phi) is 3.21. The highest BCUT2D eigenvalue weighted by Gasteiger charge is 2.03. The summed E-state index contributed by atoms with van der Waals surface area (Å²) in [7, 11) is 0. The second-order valence-corrected chi connectivity index (χ2v) is 5.07. The Morgan fingerprint density at radius 1 is 1.29 bits per heavy atom. The third-order valence-corrected chi connectivity index (χ3v) is 3.80. The van der Waals surface area contributed by atoms with E-state index in [9.17, 15) is 0 Å². The molecule has 1 nitrogen and oxygen atoms in total. The summed E-state index contributed by atoms with van der Waals surface area (Å²) in [5.74, 6) is 0.536. The van der Waals surface area contributed by atoms with Crippen molar-refractivity contribution in [3.05, 3.63) is 39.8 Å². The molecule has 72 valence electrons. The standard InChI is InChI=1S/C10H7BrClNS/c11-8-3-1-7(2-4-8)10-13-6-9(5-12)14-10/h1-4,6H,5H2. The molecule has 0 fully saturated rings. The summed E-state index contributed by atoms with van der Waals surface area (Å²) < 4.78 is 1.08. The van der Waals surface area contributed by atoms with Crippen LogP contribution in [0.1, 0.15) is 4.88 Å². The van der Waals surface area contributed by atoms with Gasteiger partial charge < -0.3 is 0 Å². The zero-order chi connectivity index (χ0) is 9.97. The maximum Gasteiger partial charge on any atom is 0.123 e. The van der Waals surface area contributed by atoms with Crippen LogP contribution in [-0.2, 0) is 5.88 Å². The van der Waals surface area contributed by atoms with Crippen LogP contribution in [0.2, 0.25) is 0 Å². The van der Waals surface area contributed by atoms with E-state index in [4.69, 9.17) is 11.6 Å². The normalized spacial score (nSPS) is 10.4. The van der Waals surface area contributed by atoms with Gasteiger partial charge in [0.05, 0.1) is 5.88 Å². The van der Waals surface area contributed by atoms with Gasteiger partial charge in [0, 0.05) is 21.1 Å². The van der Waals surface area contributed by atoms with Gasteiger partial charge in [-0.15, -0.1) is 22.9 Å². The summed E-state index contributed by atoms with van der Waals surface area (Å²) in [6.45, 7) is 0. The lowest BCUT2D eigenvalue weighted by molar-refractivity contribution is 1.36. The van der Waals surface area contributed by atoms with Crippen molar-refractivity contribution in [2.45, 2.75) is 5.88 Å². The molecule has 2 rings (SSSR count). The van der Waals surface area contributed by atoms with E-state index in [1.807, 2.05) is 30.5 Å². The molecule has 0 amide bonds. The van der Waals surface area contributed by atoms with Gasteiger partial charge in [-0.1, -0.05) is 28.1 Å². The first-order chi connectivity index (χ1) is 6.79. The van der Waals surface area contributed by atoms with E-state index in [0.29, 0.717) is 5.88 Å². The average molecular weight is 289 g/mol. The van der Waals surface area contributed by atoms with Gasteiger partial charge in [-0.05, 0) is 12.1 Å². The maximum atomic E-state index is 5.72. The van der Waals surface area contributed by atoms with Crippen LogP contribution in [0.25, 0.3) is 10.6 Å². The van der Waals surface area contributed by atoms with Gasteiger partial charge in [0.2, 0.25) is 0 Å². The molecule has 0 bridgehead atoms. The lowest BCUT2D eigenvalue weighted by Crippen LogP contribution is -1.73. The Morgan fingerprint density at radius 2 is 2.00 bits per heavy atom. The van der Waals surface area contributed by atoms with Gasteiger partial charge >= 0.3 is 0 Å². The van der Waals surface area contributed by atoms with E-state index in [-0.39, 0.29) is 0 Å². The summed E-state index contributed by atoms with van der Waals surface area (Å²) in [6, 6.07) is 8.11. The number of hydrogen-bond acceptors (Lipinski definition) is 2. The van der Waals surface area contributed by atoms with Gasteiger partial charge in [0.1, 0.15) is 5.01 Å². The molecule has 1 heterocycles. The van der Waals surface area contributed by atoms with Crippen LogP contribution in [0, 0.1) is 0 Å². The van der Waals surface area contributed by atoms with Crippen molar-refractivity contribution in [1.82, 2.24) is 4.98 Å². The van der Waals surface area contributed by atoms with Crippen LogP contribution < -0.4 is 0 Å². The van der Waals surface area contributed by atoms with Crippen LogP contribution in [0.5, 0.6) is 0 Å². The Bertz CT molecular complexity index is 424. The average Bonchev–Trinajstić information content (AvgIpc) is 2.67. The van der Waals surface area contributed by atoms with Gasteiger partial charge in [-0.25, -0.2) is 4.98 Å². The summed E-state index contributed by atoms with van der Waals surface area (Å²) in [5.41, 5.74) is 1.13. The van der Waals surface area contributed by atoms with Crippen LogP contribution in [0.3, 0.4) is 0 Å². The fraction of sp³-hybridized carbons (Fsp3) is 0.100. The molecule has 4 heteroatoms. The van der Waals surface area contributed by atoms with E-state index >= 15 is 0 Å². The van der Waals surface area contributed by atoms with Crippen molar-refractivity contribution < 1.29 is 0 Å². The first-order valence-electron chi connectivity index (χ1n) is 4.06. The molecule has 1 aromatic heterocycles. The molecular weight excluding hydrogens is 282 g/mol. The fourth-order valence-electron chi connectivity index (χ4n) is 1.10. The SMILES string of the molecule is ClCc1cnc(-c2ccc(Br)cc2)s1. The van der Waals surface area contributed by atoms with Crippen LogP contribution in [-0.4, -0.2) is 4.98 Å². The predicted octanol–water partition coefficient (Wildman–Crippen LogP) is 4.31. The minimum absolute atomic E-state index is 0.536. The van der Waals surface area contributed by atoms with Gasteiger partial charge in [0.25, 0.3) is 0 Å². The van der Waals surface area contributed by atoms with Crippen molar-refractivity contribution in [2.75, 3.05) is 0 Å². The van der Waals surface area contributed by atoms with Crippen molar-refractivity contribution in [1.29, 1.82) is 0 Å². The first kappa shape index (κ1) is 10.1. The number of aromatic nitrogens is 1. The molecule has 0 aliphatic heterocycles. The van der Waals surface area contributed by atoms with Crippen molar-refractivity contribution >= 4 is 38.9 Å². The molecule has 0 radical (unpaired) electrons. The largest absolute Gasteiger partial charge is 0.244 e. The molecule has 0 N–H and O–H groups in total. The Hall–Kier alpha value is -0.380. The quantitative estimate of drug-likeness (QED) is 0.750. The Labute approximate surface area is 99.9 Å². The van der Waals surface area contributed by atoms with Crippen molar-refractivity contribution in [3.8, 4) is 10.6 Å². The van der Waals surface area contributed by atoms with Gasteiger partial charge in [0.15, 0.2) is 0 Å². The molecular formula is C10H7BrClNS. The number of halogens is 2. The second kappa shape index (κ2) is 4.43. The van der Waals surface area contributed by atoms with E-state index < -0.39 is 0 Å². The molecule has 0 spiro atoms. The van der Waals surface area contributed by atoms with E-state index in [0.717, 1.165) is 19.9 Å². The molecule has 0 saturated carbocycles. The number of nitrogens with zero attached hydrogens (tertiary/aromatic N) is 1. The summed E-state index contributed by atoms with van der Waals surface area (Å²) in [6.07, 6.45) is 1.83. The van der Waals surface area contributed by atoms with Crippen LogP contribution in [0.4, 0.5) is 0 Å². The number of alkyl halides is 1. The molecule has 14 heavy (non-hydrogen) atoms. The first-order valence-corrected chi connectivity index (χ1v) is 6.20. The molecule has 0 atom stereocenters. The Morgan fingerprint density at radius 3 is 2.57 bits per heavy atom. The monoisotopic (exact) mass is 287 g/mol. The lowest BCUT2D eigenvalue weighted by atomic mass is 10.2. The maximum absolute atomic E-state index is 5.72. The zero-order valence-corrected chi connectivity index (χ0v) is 10.4. The fourth-order valence-corrected chi connectivity index (χ4v) is 2.36. The molecule has 0 saturated heterocycles. The highest BCUT2D eigenvalue weighted by molar-refractivity contribution is 9.10. The molecule has 1 aromatic carbocycles. The number of rotatable bonds is 2. The highest BCUT2D eigenvalue weighted by Crippen LogP contribution is 2.26. The van der Waals surface area contributed by atoms with Crippen molar-refractivity contribution in [3.63, 3.8) is 0 Å². The van der Waals surface area contributed by atoms with Crippen LogP contribution >= 0.6 is 38.9 Å². The Balaban J connectivity index is 2.34. The highest BCUT2D eigenvalue weighted by atomic mass is 79.9. The zero-order valence-electron chi connectivity index (χ0n) is 7.21. The minimum Gasteiger partial charge on any atom is -0.244 e. The smallest absolute Gasteiger partial charge is 0.123 e. The molecule has 0 aliphatic carbocycles. The second-order valence-electron chi connectivity index (χ2n) is 2.77. The topological polar surface area (TPSA) is 12.9 Å². The lowest BCUT2D eigenvalue weighted by Gasteiger charge is -1.95. The van der Waals surface area contributed by atoms with E-state index in [2.05, 4.69) is 20.9 Å². The van der Waals surface area contributed by atoms with Gasteiger partial charge in [-0.2, -0.15) is 0 Å². The van der Waals surface area contributed by atoms with Gasteiger partial charge in [-0.3, -0.25) is 0 Å². The third-order valence-electron chi connectivity index (χ3n) is 1.78. The molecule has 0 aliphatic rings. The third kappa shape index (κ3) is 2.16.